The van der Waals surface area contributed by atoms with Crippen LogP contribution in [0.15, 0.2) is 24.3 Å². The van der Waals surface area contributed by atoms with Crippen LogP contribution >= 0.6 is 0 Å². The standard InChI is InChI=1S/C18H24O10/c1-9(7-19)27-18-17(25)16(24)15(23)13(28-18)8-26-14(22)5-3-10-2-4-11(20)12(21)6-10/h2-6,9,13,15-21,23-25H,7-8H2,1H3. The van der Waals surface area contributed by atoms with Gasteiger partial charge in [-0.2, -0.15) is 0 Å². The van der Waals surface area contributed by atoms with Crippen molar-refractivity contribution < 1.29 is 49.6 Å². The molecule has 6 atom stereocenters. The van der Waals surface area contributed by atoms with E-state index >= 15 is 0 Å². The van der Waals surface area contributed by atoms with E-state index in [2.05, 4.69) is 0 Å². The number of aliphatic hydroxyl groups is 4. The fraction of sp³-hybridized carbons (Fsp3) is 0.500. The van der Waals surface area contributed by atoms with Crippen molar-refractivity contribution in [2.24, 2.45) is 0 Å². The Bertz CT molecular complexity index is 691. The summed E-state index contributed by atoms with van der Waals surface area (Å²) < 4.78 is 15.6. The number of aliphatic hydroxyl groups excluding tert-OH is 4. The molecule has 0 aliphatic carbocycles. The first-order chi connectivity index (χ1) is 13.2. The number of ether oxygens (including phenoxy) is 3. The number of carbonyl (C=O) groups is 1. The molecule has 10 nitrogen and oxygen atoms in total. The van der Waals surface area contributed by atoms with E-state index in [0.29, 0.717) is 5.56 Å². The normalized spacial score (nSPS) is 29.0. The first-order valence-electron chi connectivity index (χ1n) is 8.55. The van der Waals surface area contributed by atoms with Gasteiger partial charge in [-0.1, -0.05) is 6.07 Å². The molecular formula is C18H24O10. The molecule has 0 bridgehead atoms. The Kier molecular flexibility index (Phi) is 7.75. The first kappa shape index (κ1) is 22.1. The van der Waals surface area contributed by atoms with Crippen LogP contribution in [0.3, 0.4) is 0 Å². The molecule has 1 aliphatic heterocycles. The number of aromatic hydroxyl groups is 2. The minimum Gasteiger partial charge on any atom is -0.504 e. The third-order valence-electron chi connectivity index (χ3n) is 4.09. The lowest BCUT2D eigenvalue weighted by atomic mass is 9.99. The van der Waals surface area contributed by atoms with E-state index in [4.69, 9.17) is 19.3 Å². The highest BCUT2D eigenvalue weighted by atomic mass is 16.7. The van der Waals surface area contributed by atoms with Crippen LogP contribution in [0.2, 0.25) is 0 Å². The van der Waals surface area contributed by atoms with Gasteiger partial charge in [0.15, 0.2) is 17.8 Å². The lowest BCUT2D eigenvalue weighted by molar-refractivity contribution is -0.311. The number of phenols is 2. The second-order valence-electron chi connectivity index (χ2n) is 6.36. The van der Waals surface area contributed by atoms with Gasteiger partial charge in [0.1, 0.15) is 31.0 Å². The molecule has 0 amide bonds. The number of benzene rings is 1. The lowest BCUT2D eigenvalue weighted by Crippen LogP contribution is -2.60. The molecule has 156 valence electrons. The highest BCUT2D eigenvalue weighted by Gasteiger charge is 2.45. The summed E-state index contributed by atoms with van der Waals surface area (Å²) in [5, 5.41) is 57.5. The minimum absolute atomic E-state index is 0.295. The maximum atomic E-state index is 11.8. The van der Waals surface area contributed by atoms with Crippen LogP contribution in [-0.4, -0.2) is 86.6 Å². The molecule has 6 N–H and O–H groups in total. The van der Waals surface area contributed by atoms with E-state index in [-0.39, 0.29) is 18.1 Å². The van der Waals surface area contributed by atoms with Gasteiger partial charge in [-0.3, -0.25) is 0 Å². The maximum absolute atomic E-state index is 11.8. The first-order valence-corrected chi connectivity index (χ1v) is 8.55. The Morgan fingerprint density at radius 2 is 1.89 bits per heavy atom. The number of hydrogen-bond acceptors (Lipinski definition) is 10. The van der Waals surface area contributed by atoms with Crippen molar-refractivity contribution in [3.8, 4) is 11.5 Å². The topological polar surface area (TPSA) is 166 Å². The molecule has 1 heterocycles. The predicted octanol–water partition coefficient (Wildman–Crippen LogP) is -1.14. The van der Waals surface area contributed by atoms with Crippen molar-refractivity contribution in [1.82, 2.24) is 0 Å². The van der Waals surface area contributed by atoms with Crippen LogP contribution in [0, 0.1) is 0 Å². The smallest absolute Gasteiger partial charge is 0.330 e. The van der Waals surface area contributed by atoms with Crippen molar-refractivity contribution >= 4 is 12.0 Å². The predicted molar refractivity (Wildman–Crippen MR) is 94.1 cm³/mol. The monoisotopic (exact) mass is 400 g/mol. The van der Waals surface area contributed by atoms with E-state index in [1.807, 2.05) is 0 Å². The van der Waals surface area contributed by atoms with Crippen LogP contribution in [0.25, 0.3) is 6.08 Å². The number of esters is 1. The van der Waals surface area contributed by atoms with Gasteiger partial charge in [0, 0.05) is 6.08 Å². The molecule has 0 aromatic heterocycles. The molecule has 1 aromatic rings. The van der Waals surface area contributed by atoms with Crippen molar-refractivity contribution in [2.75, 3.05) is 13.2 Å². The molecule has 1 fully saturated rings. The summed E-state index contributed by atoms with van der Waals surface area (Å²) >= 11 is 0. The summed E-state index contributed by atoms with van der Waals surface area (Å²) in [6.45, 7) is 0.749. The Morgan fingerprint density at radius 3 is 2.54 bits per heavy atom. The summed E-state index contributed by atoms with van der Waals surface area (Å²) in [7, 11) is 0. The summed E-state index contributed by atoms with van der Waals surface area (Å²) in [6, 6.07) is 3.97. The zero-order valence-corrected chi connectivity index (χ0v) is 15.1. The van der Waals surface area contributed by atoms with E-state index in [1.54, 1.807) is 0 Å². The zero-order valence-electron chi connectivity index (χ0n) is 15.1. The Hall–Kier alpha value is -2.21. The molecule has 0 radical (unpaired) electrons. The average molecular weight is 400 g/mol. The van der Waals surface area contributed by atoms with Crippen molar-refractivity contribution in [2.45, 2.75) is 43.7 Å². The molecule has 1 aliphatic rings. The number of phenolic OH excluding ortho intramolecular Hbond substituents is 2. The van der Waals surface area contributed by atoms with Crippen LogP contribution in [-0.2, 0) is 19.0 Å². The molecule has 0 saturated carbocycles. The third kappa shape index (κ3) is 5.64. The summed E-state index contributed by atoms with van der Waals surface area (Å²) in [5.74, 6) is -1.42. The maximum Gasteiger partial charge on any atom is 0.330 e. The van der Waals surface area contributed by atoms with Gasteiger partial charge in [-0.15, -0.1) is 0 Å². The van der Waals surface area contributed by atoms with Crippen molar-refractivity contribution in [1.29, 1.82) is 0 Å². The van der Waals surface area contributed by atoms with Gasteiger partial charge in [-0.05, 0) is 30.7 Å². The second-order valence-corrected chi connectivity index (χ2v) is 6.36. The number of carbonyl (C=O) groups excluding carboxylic acids is 1. The molecule has 1 aromatic carbocycles. The fourth-order valence-corrected chi connectivity index (χ4v) is 2.46. The number of hydrogen-bond donors (Lipinski definition) is 6. The Morgan fingerprint density at radius 1 is 1.18 bits per heavy atom. The molecular weight excluding hydrogens is 376 g/mol. The molecule has 10 heteroatoms. The van der Waals surface area contributed by atoms with E-state index in [1.165, 1.54) is 31.2 Å². The van der Waals surface area contributed by atoms with Crippen molar-refractivity contribution in [3.63, 3.8) is 0 Å². The average Bonchev–Trinajstić information content (AvgIpc) is 2.68. The van der Waals surface area contributed by atoms with Gasteiger partial charge < -0.3 is 44.8 Å². The Balaban J connectivity index is 1.92. The molecule has 28 heavy (non-hydrogen) atoms. The minimum atomic E-state index is -1.59. The SMILES string of the molecule is CC(CO)OC1OC(COC(=O)C=Cc2ccc(O)c(O)c2)C(O)C(O)C1O. The molecule has 0 spiro atoms. The van der Waals surface area contributed by atoms with Gasteiger partial charge in [-0.25, -0.2) is 4.79 Å². The molecule has 1 saturated heterocycles. The van der Waals surface area contributed by atoms with Gasteiger partial charge in [0.2, 0.25) is 0 Å². The van der Waals surface area contributed by atoms with E-state index in [9.17, 15) is 30.3 Å². The van der Waals surface area contributed by atoms with Crippen LogP contribution < -0.4 is 0 Å². The fourth-order valence-electron chi connectivity index (χ4n) is 2.46. The summed E-state index contributed by atoms with van der Waals surface area (Å²) in [5.41, 5.74) is 0.436. The molecule has 6 unspecified atom stereocenters. The second kappa shape index (κ2) is 9.82. The quantitative estimate of drug-likeness (QED) is 0.187. The number of rotatable bonds is 7. The zero-order chi connectivity index (χ0) is 20.8. The van der Waals surface area contributed by atoms with Crippen LogP contribution in [0.4, 0.5) is 0 Å². The third-order valence-corrected chi connectivity index (χ3v) is 4.09. The highest BCUT2D eigenvalue weighted by Crippen LogP contribution is 2.26. The lowest BCUT2D eigenvalue weighted by Gasteiger charge is -2.40. The van der Waals surface area contributed by atoms with Crippen LogP contribution in [0.1, 0.15) is 12.5 Å². The van der Waals surface area contributed by atoms with Crippen LogP contribution in [0.5, 0.6) is 11.5 Å². The van der Waals surface area contributed by atoms with Gasteiger partial charge >= 0.3 is 5.97 Å². The molecule has 2 rings (SSSR count). The van der Waals surface area contributed by atoms with Crippen molar-refractivity contribution in [3.05, 3.63) is 29.8 Å². The van der Waals surface area contributed by atoms with E-state index in [0.717, 1.165) is 6.08 Å². The van der Waals surface area contributed by atoms with Gasteiger partial charge in [0.05, 0.1) is 12.7 Å². The Labute approximate surface area is 160 Å². The summed E-state index contributed by atoms with van der Waals surface area (Å²) in [4.78, 5) is 11.8. The van der Waals surface area contributed by atoms with Gasteiger partial charge in [0.25, 0.3) is 0 Å². The highest BCUT2D eigenvalue weighted by molar-refractivity contribution is 5.87. The largest absolute Gasteiger partial charge is 0.504 e. The van der Waals surface area contributed by atoms with E-state index < -0.39 is 49.4 Å². The summed E-state index contributed by atoms with van der Waals surface area (Å²) in [6.07, 6.45) is -5.42.